The minimum absolute atomic E-state index is 0. The van der Waals surface area contributed by atoms with Gasteiger partial charge >= 0.3 is 6.18 Å². The summed E-state index contributed by atoms with van der Waals surface area (Å²) in [7, 11) is 0. The number of hydrogen-bond acceptors (Lipinski definition) is 5. The molecule has 2 rings (SSSR count). The zero-order chi connectivity index (χ0) is 19.2. The van der Waals surface area contributed by atoms with Crippen LogP contribution in [0, 0.1) is 6.92 Å². The van der Waals surface area contributed by atoms with E-state index in [0.717, 1.165) is 40.3 Å². The predicted octanol–water partition coefficient (Wildman–Crippen LogP) is 4.41. The maximum atomic E-state index is 12.6. The van der Waals surface area contributed by atoms with Gasteiger partial charge in [-0.3, -0.25) is 0 Å². The monoisotopic (exact) mass is 533 g/mol. The lowest BCUT2D eigenvalue weighted by molar-refractivity contribution is -0.140. The molecule has 2 N–H and O–H groups in total. The van der Waals surface area contributed by atoms with Crippen molar-refractivity contribution in [3.63, 3.8) is 0 Å². The Balaban J connectivity index is 0.00000364. The smallest absolute Gasteiger partial charge is 0.357 e. The minimum Gasteiger partial charge on any atom is -0.357 e. The van der Waals surface area contributed by atoms with Crippen LogP contribution in [0.4, 0.5) is 13.2 Å². The van der Waals surface area contributed by atoms with Crippen LogP contribution in [0.2, 0.25) is 0 Å². The second kappa shape index (κ2) is 11.1. The molecular weight excluding hydrogens is 510 g/mol. The molecule has 2 aromatic heterocycles. The van der Waals surface area contributed by atoms with Crippen LogP contribution in [0.1, 0.15) is 40.1 Å². The molecule has 2 aromatic rings. The highest BCUT2D eigenvalue weighted by Crippen LogP contribution is 2.30. The summed E-state index contributed by atoms with van der Waals surface area (Å²) in [5.74, 6) is 0.556. The van der Waals surface area contributed by atoms with E-state index in [4.69, 9.17) is 0 Å². The second-order valence-electron chi connectivity index (χ2n) is 5.46. The molecule has 0 amide bonds. The van der Waals surface area contributed by atoms with Crippen LogP contribution in [0.3, 0.4) is 0 Å². The summed E-state index contributed by atoms with van der Waals surface area (Å²) < 4.78 is 37.7. The molecule has 0 spiro atoms. The molecule has 2 heterocycles. The van der Waals surface area contributed by atoms with E-state index in [1.165, 1.54) is 4.88 Å². The third-order valence-electron chi connectivity index (χ3n) is 3.46. The molecule has 5 nitrogen and oxygen atoms in total. The number of hydrogen-bond donors (Lipinski definition) is 2. The number of aromatic nitrogens is 2. The number of alkyl halides is 3. The van der Waals surface area contributed by atoms with Crippen LogP contribution in [0.15, 0.2) is 10.4 Å². The largest absolute Gasteiger partial charge is 0.434 e. The number of guanidine groups is 1. The average molecular weight is 533 g/mol. The quantitative estimate of drug-likeness (QED) is 0.315. The van der Waals surface area contributed by atoms with Gasteiger partial charge in [0.1, 0.15) is 5.01 Å². The Kier molecular flexibility index (Phi) is 9.95. The standard InChI is InChI=1S/C16H22F3N5S2.HI/c1-4-11-10(3)26-13(23-11)6-7-21-15(20-5-2)22-8-14-24-12(9-25-14)16(17,18)19;/h9H,4-8H2,1-3H3,(H2,20,21,22);1H. The first kappa shape index (κ1) is 24.1. The van der Waals surface area contributed by atoms with Crippen LogP contribution >= 0.6 is 46.7 Å². The van der Waals surface area contributed by atoms with Crippen LogP contribution in [-0.4, -0.2) is 29.0 Å². The molecule has 0 unspecified atom stereocenters. The summed E-state index contributed by atoms with van der Waals surface area (Å²) in [6, 6.07) is 0. The Morgan fingerprint density at radius 3 is 2.48 bits per heavy atom. The van der Waals surface area contributed by atoms with Gasteiger partial charge in [-0.05, 0) is 20.3 Å². The van der Waals surface area contributed by atoms with Crippen LogP contribution in [0.5, 0.6) is 0 Å². The van der Waals surface area contributed by atoms with E-state index in [1.54, 1.807) is 11.3 Å². The summed E-state index contributed by atoms with van der Waals surface area (Å²) >= 11 is 2.65. The summed E-state index contributed by atoms with van der Waals surface area (Å²) in [5, 5.41) is 8.68. The van der Waals surface area contributed by atoms with Gasteiger partial charge in [0.2, 0.25) is 0 Å². The van der Waals surface area contributed by atoms with Crippen LogP contribution < -0.4 is 10.6 Å². The van der Waals surface area contributed by atoms with E-state index in [-0.39, 0.29) is 30.5 Å². The van der Waals surface area contributed by atoms with Gasteiger partial charge in [-0.2, -0.15) is 13.2 Å². The van der Waals surface area contributed by atoms with Crippen molar-refractivity contribution in [2.45, 2.75) is 46.3 Å². The Bertz CT molecular complexity index is 743. The van der Waals surface area contributed by atoms with Gasteiger partial charge in [0, 0.05) is 29.8 Å². The lowest BCUT2D eigenvalue weighted by Crippen LogP contribution is -2.38. The van der Waals surface area contributed by atoms with Gasteiger partial charge in [-0.25, -0.2) is 15.0 Å². The van der Waals surface area contributed by atoms with E-state index in [0.29, 0.717) is 24.1 Å². The Morgan fingerprint density at radius 1 is 1.19 bits per heavy atom. The molecular formula is C16H23F3IN5S2. The number of thiazole rings is 2. The molecule has 0 saturated heterocycles. The predicted molar refractivity (Wildman–Crippen MR) is 115 cm³/mol. The van der Waals surface area contributed by atoms with Crippen molar-refractivity contribution >= 4 is 52.6 Å². The molecule has 152 valence electrons. The molecule has 0 radical (unpaired) electrons. The normalized spacial score (nSPS) is 12.0. The van der Waals surface area contributed by atoms with Gasteiger partial charge < -0.3 is 10.6 Å². The highest BCUT2D eigenvalue weighted by atomic mass is 127. The number of rotatable bonds is 7. The van der Waals surface area contributed by atoms with Gasteiger partial charge in [0.15, 0.2) is 11.7 Å². The number of nitrogens with one attached hydrogen (secondary N) is 2. The fourth-order valence-corrected chi connectivity index (χ4v) is 3.96. The van der Waals surface area contributed by atoms with E-state index < -0.39 is 11.9 Å². The average Bonchev–Trinajstić information content (AvgIpc) is 3.19. The Morgan fingerprint density at radius 2 is 1.93 bits per heavy atom. The maximum Gasteiger partial charge on any atom is 0.434 e. The van der Waals surface area contributed by atoms with Crippen molar-refractivity contribution in [2.75, 3.05) is 13.1 Å². The molecule has 0 atom stereocenters. The van der Waals surface area contributed by atoms with Crippen molar-refractivity contribution < 1.29 is 13.2 Å². The summed E-state index contributed by atoms with van der Waals surface area (Å²) in [5.41, 5.74) is 0.270. The molecule has 0 fully saturated rings. The maximum absolute atomic E-state index is 12.6. The number of aryl methyl sites for hydroxylation is 2. The number of nitrogens with zero attached hydrogens (tertiary/aromatic N) is 3. The summed E-state index contributed by atoms with van der Waals surface area (Å²) in [6.45, 7) is 7.50. The highest BCUT2D eigenvalue weighted by molar-refractivity contribution is 14.0. The topological polar surface area (TPSA) is 62.2 Å². The minimum atomic E-state index is -4.41. The highest BCUT2D eigenvalue weighted by Gasteiger charge is 2.33. The molecule has 11 heteroatoms. The van der Waals surface area contributed by atoms with E-state index in [2.05, 4.69) is 39.4 Å². The molecule has 0 saturated carbocycles. The number of aliphatic imine (C=N–C) groups is 1. The Labute approximate surface area is 181 Å². The third-order valence-corrected chi connectivity index (χ3v) is 5.37. The number of halogens is 4. The van der Waals surface area contributed by atoms with Gasteiger partial charge in [0.25, 0.3) is 0 Å². The first-order valence-electron chi connectivity index (χ1n) is 8.32. The first-order valence-corrected chi connectivity index (χ1v) is 10.0. The van der Waals surface area contributed by atoms with Crippen molar-refractivity contribution in [3.8, 4) is 0 Å². The van der Waals surface area contributed by atoms with Crippen LogP contribution in [-0.2, 0) is 25.6 Å². The van der Waals surface area contributed by atoms with E-state index in [9.17, 15) is 13.2 Å². The third kappa shape index (κ3) is 7.53. The fourth-order valence-electron chi connectivity index (χ4n) is 2.21. The first-order chi connectivity index (χ1) is 12.3. The van der Waals surface area contributed by atoms with Crippen LogP contribution in [0.25, 0.3) is 0 Å². The summed E-state index contributed by atoms with van der Waals surface area (Å²) in [6.07, 6.45) is -2.72. The second-order valence-corrected chi connectivity index (χ2v) is 7.69. The lowest BCUT2D eigenvalue weighted by Gasteiger charge is -2.10. The van der Waals surface area contributed by atoms with Gasteiger partial charge in [-0.1, -0.05) is 6.92 Å². The van der Waals surface area contributed by atoms with E-state index in [1.807, 2.05) is 6.92 Å². The molecule has 27 heavy (non-hydrogen) atoms. The zero-order valence-corrected chi connectivity index (χ0v) is 19.3. The Hall–Kier alpha value is -0.950. The lowest BCUT2D eigenvalue weighted by atomic mass is 10.3. The van der Waals surface area contributed by atoms with Crippen molar-refractivity contribution in [1.29, 1.82) is 0 Å². The SMILES string of the molecule is CCNC(=NCc1nc(C(F)(F)F)cs1)NCCc1nc(CC)c(C)s1.I. The molecule has 0 bridgehead atoms. The zero-order valence-electron chi connectivity index (χ0n) is 15.3. The van der Waals surface area contributed by atoms with Crippen molar-refractivity contribution in [3.05, 3.63) is 31.7 Å². The molecule has 0 aliphatic carbocycles. The van der Waals surface area contributed by atoms with Crippen molar-refractivity contribution in [2.24, 2.45) is 4.99 Å². The fraction of sp³-hybridized carbons (Fsp3) is 0.562. The van der Waals surface area contributed by atoms with E-state index >= 15 is 0 Å². The molecule has 0 aliphatic heterocycles. The molecule has 0 aliphatic rings. The summed E-state index contributed by atoms with van der Waals surface area (Å²) in [4.78, 5) is 13.7. The van der Waals surface area contributed by atoms with Gasteiger partial charge in [-0.15, -0.1) is 46.7 Å². The molecule has 0 aromatic carbocycles. The van der Waals surface area contributed by atoms with Crippen molar-refractivity contribution in [1.82, 2.24) is 20.6 Å². The van der Waals surface area contributed by atoms with Gasteiger partial charge in [0.05, 0.1) is 17.2 Å².